The van der Waals surface area contributed by atoms with Crippen LogP contribution in [0.15, 0.2) is 42.5 Å². The predicted molar refractivity (Wildman–Crippen MR) is 111 cm³/mol. The number of amides is 1. The minimum absolute atomic E-state index is 0.259. The second kappa shape index (κ2) is 9.51. The molecule has 2 aromatic carbocycles. The van der Waals surface area contributed by atoms with Crippen LogP contribution < -0.4 is 18.5 Å². The van der Waals surface area contributed by atoms with E-state index in [1.165, 1.54) is 19.1 Å². The Kier molecular flexibility index (Phi) is 7.33. The van der Waals surface area contributed by atoms with Gasteiger partial charge in [-0.1, -0.05) is 18.2 Å². The van der Waals surface area contributed by atoms with Crippen molar-refractivity contribution >= 4 is 21.6 Å². The minimum Gasteiger partial charge on any atom is -0.497 e. The van der Waals surface area contributed by atoms with Gasteiger partial charge in [-0.2, -0.15) is 0 Å². The van der Waals surface area contributed by atoms with Crippen molar-refractivity contribution in [3.63, 3.8) is 0 Å². The average Bonchev–Trinajstić information content (AvgIpc) is 2.70. The molecule has 0 fully saturated rings. The van der Waals surface area contributed by atoms with Crippen molar-refractivity contribution in [1.29, 1.82) is 0 Å². The molecular formula is C20H26N2O6S. The van der Waals surface area contributed by atoms with Crippen LogP contribution in [0.25, 0.3) is 0 Å². The molecule has 8 nitrogen and oxygen atoms in total. The van der Waals surface area contributed by atoms with Crippen LogP contribution in [0.3, 0.4) is 0 Å². The number of rotatable bonds is 9. The molecule has 0 saturated heterocycles. The van der Waals surface area contributed by atoms with Crippen LogP contribution >= 0.6 is 0 Å². The molecule has 0 unspecified atom stereocenters. The highest BCUT2D eigenvalue weighted by molar-refractivity contribution is 7.92. The Morgan fingerprint density at radius 2 is 1.62 bits per heavy atom. The summed E-state index contributed by atoms with van der Waals surface area (Å²) < 4.78 is 41.6. The van der Waals surface area contributed by atoms with E-state index in [4.69, 9.17) is 14.2 Å². The molecule has 0 aliphatic carbocycles. The second-order valence-corrected chi connectivity index (χ2v) is 8.28. The lowest BCUT2D eigenvalue weighted by atomic mass is 10.2. The highest BCUT2D eigenvalue weighted by atomic mass is 32.2. The van der Waals surface area contributed by atoms with Crippen molar-refractivity contribution in [2.75, 3.05) is 45.5 Å². The van der Waals surface area contributed by atoms with Gasteiger partial charge in [0.1, 0.15) is 23.8 Å². The molecule has 0 radical (unpaired) electrons. The molecule has 0 spiro atoms. The van der Waals surface area contributed by atoms with Crippen molar-refractivity contribution in [3.8, 4) is 17.2 Å². The summed E-state index contributed by atoms with van der Waals surface area (Å²) in [5.41, 5.74) is 1.08. The number of ether oxygens (including phenoxy) is 3. The number of likely N-dealkylation sites (N-methyl/N-ethyl adjacent to an activating group) is 1. The summed E-state index contributed by atoms with van der Waals surface area (Å²) in [6, 6.07) is 12.1. The van der Waals surface area contributed by atoms with Gasteiger partial charge in [-0.05, 0) is 18.2 Å². The van der Waals surface area contributed by atoms with Crippen LogP contribution in [0.4, 0.5) is 5.69 Å². The van der Waals surface area contributed by atoms with Gasteiger partial charge < -0.3 is 19.1 Å². The second-order valence-electron chi connectivity index (χ2n) is 6.37. The van der Waals surface area contributed by atoms with Gasteiger partial charge in [0.15, 0.2) is 0 Å². The topological polar surface area (TPSA) is 85.4 Å². The summed E-state index contributed by atoms with van der Waals surface area (Å²) in [6.45, 7) is -0.0899. The lowest BCUT2D eigenvalue weighted by Gasteiger charge is -2.27. The predicted octanol–water partition coefficient (Wildman–Crippen LogP) is 2.14. The highest BCUT2D eigenvalue weighted by Crippen LogP contribution is 2.33. The van der Waals surface area contributed by atoms with Gasteiger partial charge >= 0.3 is 0 Å². The molecule has 1 amide bonds. The lowest BCUT2D eigenvalue weighted by Crippen LogP contribution is -2.41. The van der Waals surface area contributed by atoms with E-state index >= 15 is 0 Å². The van der Waals surface area contributed by atoms with Crippen molar-refractivity contribution in [2.45, 2.75) is 6.54 Å². The number of hydrogen-bond acceptors (Lipinski definition) is 6. The maximum atomic E-state index is 12.8. The van der Waals surface area contributed by atoms with Gasteiger partial charge in [0.2, 0.25) is 15.9 Å². The van der Waals surface area contributed by atoms with Crippen molar-refractivity contribution in [3.05, 3.63) is 48.0 Å². The molecule has 0 N–H and O–H groups in total. The van der Waals surface area contributed by atoms with E-state index < -0.39 is 10.0 Å². The molecule has 0 aromatic heterocycles. The number of hydrogen-bond donors (Lipinski definition) is 0. The fraction of sp³-hybridized carbons (Fsp3) is 0.350. The summed E-state index contributed by atoms with van der Waals surface area (Å²) in [4.78, 5) is 14.3. The zero-order chi connectivity index (χ0) is 21.6. The number of methoxy groups -OCH3 is 3. The summed E-state index contributed by atoms with van der Waals surface area (Å²) in [7, 11) is 2.35. The first-order chi connectivity index (χ1) is 13.7. The Labute approximate surface area is 171 Å². The first-order valence-corrected chi connectivity index (χ1v) is 10.6. The number of nitrogens with zero attached hydrogens (tertiary/aromatic N) is 2. The van der Waals surface area contributed by atoms with Gasteiger partial charge in [0.25, 0.3) is 0 Å². The number of carbonyl (C=O) groups is 1. The SMILES string of the molecule is COc1ccc(N(CC(=O)N(C)Cc2ccccc2OC)S(C)(=O)=O)c(OC)c1. The molecule has 2 rings (SSSR count). The zero-order valence-electron chi connectivity index (χ0n) is 17.2. The van der Waals surface area contributed by atoms with Crippen LogP contribution in [0.1, 0.15) is 5.56 Å². The van der Waals surface area contributed by atoms with Crippen LogP contribution in [0.5, 0.6) is 17.2 Å². The van der Waals surface area contributed by atoms with E-state index in [-0.39, 0.29) is 30.4 Å². The molecule has 2 aromatic rings. The zero-order valence-corrected chi connectivity index (χ0v) is 18.0. The van der Waals surface area contributed by atoms with Crippen LogP contribution in [0.2, 0.25) is 0 Å². The molecule has 9 heteroatoms. The fourth-order valence-corrected chi connectivity index (χ4v) is 3.65. The summed E-state index contributed by atoms with van der Waals surface area (Å²) >= 11 is 0. The summed E-state index contributed by atoms with van der Waals surface area (Å²) in [5.74, 6) is 1.08. The summed E-state index contributed by atoms with van der Waals surface area (Å²) in [6.07, 6.45) is 1.05. The fourth-order valence-electron chi connectivity index (χ4n) is 2.79. The largest absolute Gasteiger partial charge is 0.497 e. The van der Waals surface area contributed by atoms with E-state index in [9.17, 15) is 13.2 Å². The monoisotopic (exact) mass is 422 g/mol. The van der Waals surface area contributed by atoms with Gasteiger partial charge in [-0.25, -0.2) is 8.42 Å². The molecule has 0 atom stereocenters. The lowest BCUT2D eigenvalue weighted by molar-refractivity contribution is -0.128. The Balaban J connectivity index is 2.28. The Morgan fingerprint density at radius 3 is 2.21 bits per heavy atom. The molecule has 0 aliphatic heterocycles. The number of carbonyl (C=O) groups excluding carboxylic acids is 1. The smallest absolute Gasteiger partial charge is 0.243 e. The molecular weight excluding hydrogens is 396 g/mol. The third-order valence-corrected chi connectivity index (χ3v) is 5.49. The third kappa shape index (κ3) is 5.54. The number of para-hydroxylation sites is 1. The standard InChI is InChI=1S/C20H26N2O6S/c1-21(13-15-8-6-7-9-18(15)27-3)20(23)14-22(29(5,24)25)17-11-10-16(26-2)12-19(17)28-4/h6-12H,13-14H2,1-5H3. The van der Waals surface area contributed by atoms with Crippen molar-refractivity contribution in [2.24, 2.45) is 0 Å². The van der Waals surface area contributed by atoms with Crippen molar-refractivity contribution in [1.82, 2.24) is 4.90 Å². The molecule has 158 valence electrons. The quantitative estimate of drug-likeness (QED) is 0.616. The number of benzene rings is 2. The van der Waals surface area contributed by atoms with Crippen molar-refractivity contribution < 1.29 is 27.4 Å². The van der Waals surface area contributed by atoms with Crippen LogP contribution in [-0.4, -0.2) is 60.4 Å². The molecule has 0 heterocycles. The van der Waals surface area contributed by atoms with E-state index in [2.05, 4.69) is 0 Å². The average molecular weight is 423 g/mol. The van der Waals surface area contributed by atoms with E-state index in [0.29, 0.717) is 11.5 Å². The van der Waals surface area contributed by atoms with E-state index in [1.807, 2.05) is 18.2 Å². The first-order valence-electron chi connectivity index (χ1n) is 8.76. The number of sulfonamides is 1. The van der Waals surface area contributed by atoms with Gasteiger partial charge in [0, 0.05) is 25.2 Å². The van der Waals surface area contributed by atoms with Crippen LogP contribution in [0, 0.1) is 0 Å². The molecule has 0 saturated carbocycles. The van der Waals surface area contributed by atoms with E-state index in [1.54, 1.807) is 38.4 Å². The Hall–Kier alpha value is -2.94. The van der Waals surface area contributed by atoms with Gasteiger partial charge in [-0.15, -0.1) is 0 Å². The van der Waals surface area contributed by atoms with Crippen LogP contribution in [-0.2, 0) is 21.4 Å². The molecule has 0 bridgehead atoms. The maximum absolute atomic E-state index is 12.8. The summed E-state index contributed by atoms with van der Waals surface area (Å²) in [5, 5.41) is 0. The Morgan fingerprint density at radius 1 is 0.966 bits per heavy atom. The molecule has 29 heavy (non-hydrogen) atoms. The molecule has 0 aliphatic rings. The minimum atomic E-state index is -3.74. The maximum Gasteiger partial charge on any atom is 0.243 e. The number of anilines is 1. The third-order valence-electron chi connectivity index (χ3n) is 4.36. The van der Waals surface area contributed by atoms with Gasteiger partial charge in [0.05, 0.1) is 33.3 Å². The normalized spacial score (nSPS) is 10.9. The Bertz CT molecular complexity index is 961. The highest BCUT2D eigenvalue weighted by Gasteiger charge is 2.26. The van der Waals surface area contributed by atoms with E-state index in [0.717, 1.165) is 16.1 Å². The van der Waals surface area contributed by atoms with Gasteiger partial charge in [-0.3, -0.25) is 9.10 Å². The first kappa shape index (κ1) is 22.4.